The molecule has 0 heterocycles. The molecule has 0 bridgehead atoms. The number of hydrogen-bond donors (Lipinski definition) is 0. The van der Waals surface area contributed by atoms with Gasteiger partial charge in [0, 0.05) is 5.57 Å². The van der Waals surface area contributed by atoms with Crippen LogP contribution in [0.2, 0.25) is 0 Å². The fraction of sp³-hybridized carbons (Fsp3) is 0.100. The predicted molar refractivity (Wildman–Crippen MR) is 54.9 cm³/mol. The van der Waals surface area contributed by atoms with Crippen LogP contribution in [-0.2, 0) is 14.9 Å². The van der Waals surface area contributed by atoms with Crippen LogP contribution in [0.3, 0.4) is 0 Å². The van der Waals surface area contributed by atoms with Crippen molar-refractivity contribution in [3.05, 3.63) is 36.4 Å². The van der Waals surface area contributed by atoms with Crippen molar-refractivity contribution < 1.29 is 52.1 Å². The molecule has 0 aliphatic carbocycles. The quantitative estimate of drug-likeness (QED) is 0.209. The average molecular weight is 264 g/mol. The molecule has 0 N–H and O–H groups in total. The van der Waals surface area contributed by atoms with Crippen LogP contribution in [0.4, 0.5) is 0 Å². The van der Waals surface area contributed by atoms with E-state index in [0.717, 1.165) is 12.1 Å². The molecule has 0 radical (unpaired) electrons. The summed E-state index contributed by atoms with van der Waals surface area (Å²) in [4.78, 5) is 10.7. The van der Waals surface area contributed by atoms with Gasteiger partial charge in [-0.25, -0.2) is 13.2 Å². The molecule has 0 aliphatic rings. The van der Waals surface area contributed by atoms with Crippen LogP contribution >= 0.6 is 0 Å². The van der Waals surface area contributed by atoms with E-state index < -0.39 is 16.1 Å². The zero-order chi connectivity index (χ0) is 12.3. The molecule has 0 aromatic heterocycles. The summed E-state index contributed by atoms with van der Waals surface area (Å²) in [6.07, 6.45) is 0. The Kier molecular flexibility index (Phi) is 6.08. The SMILES string of the molecule is C=C(C)C(=O)Oc1ccc(S(=O)(=O)[O-])cc1.[Na+]. The van der Waals surface area contributed by atoms with E-state index in [4.69, 9.17) is 4.74 Å². The molecule has 5 nitrogen and oxygen atoms in total. The average Bonchev–Trinajstić information content (AvgIpc) is 2.17. The third kappa shape index (κ3) is 5.01. The van der Waals surface area contributed by atoms with E-state index in [1.54, 1.807) is 0 Å². The van der Waals surface area contributed by atoms with Crippen LogP contribution in [-0.4, -0.2) is 18.9 Å². The Labute approximate surface area is 122 Å². The molecule has 1 aromatic rings. The first-order chi connectivity index (χ1) is 7.30. The second-order valence-corrected chi connectivity index (χ2v) is 4.48. The van der Waals surface area contributed by atoms with Gasteiger partial charge < -0.3 is 9.29 Å². The summed E-state index contributed by atoms with van der Waals surface area (Å²) < 4.78 is 36.6. The van der Waals surface area contributed by atoms with Crippen LogP contribution in [0.1, 0.15) is 6.92 Å². The van der Waals surface area contributed by atoms with Gasteiger partial charge in [-0.05, 0) is 31.2 Å². The Morgan fingerprint density at radius 2 is 1.76 bits per heavy atom. The molecule has 1 rings (SSSR count). The number of carbonyl (C=O) groups excluding carboxylic acids is 1. The van der Waals surface area contributed by atoms with Crippen LogP contribution in [0.15, 0.2) is 41.3 Å². The van der Waals surface area contributed by atoms with E-state index in [9.17, 15) is 17.8 Å². The molecular formula is C10H9NaO5S. The fourth-order valence-electron chi connectivity index (χ4n) is 0.869. The summed E-state index contributed by atoms with van der Waals surface area (Å²) in [7, 11) is -4.47. The van der Waals surface area contributed by atoms with Gasteiger partial charge in [0.1, 0.15) is 15.9 Å². The maximum atomic E-state index is 11.1. The normalized spacial score (nSPS) is 10.2. The molecule has 86 valence electrons. The van der Waals surface area contributed by atoms with Gasteiger partial charge in [0.25, 0.3) is 0 Å². The number of ether oxygens (including phenoxy) is 1. The largest absolute Gasteiger partial charge is 1.00 e. The fourth-order valence-corrected chi connectivity index (χ4v) is 1.34. The van der Waals surface area contributed by atoms with Gasteiger partial charge in [-0.1, -0.05) is 6.58 Å². The minimum Gasteiger partial charge on any atom is -0.744 e. The summed E-state index contributed by atoms with van der Waals surface area (Å²) in [5.74, 6) is -0.460. The van der Waals surface area contributed by atoms with E-state index in [2.05, 4.69) is 6.58 Å². The third-order valence-corrected chi connectivity index (χ3v) is 2.52. The molecular weight excluding hydrogens is 255 g/mol. The molecule has 0 fully saturated rings. The Balaban J connectivity index is 0.00000256. The van der Waals surface area contributed by atoms with E-state index in [-0.39, 0.29) is 45.8 Å². The molecule has 0 spiro atoms. The summed E-state index contributed by atoms with van der Waals surface area (Å²) >= 11 is 0. The van der Waals surface area contributed by atoms with Crippen molar-refractivity contribution in [3.8, 4) is 5.75 Å². The standard InChI is InChI=1S/C10H10O5S.Na/c1-7(2)10(11)15-8-3-5-9(6-4-8)16(12,13)14;/h3-6H,1H2,2H3,(H,12,13,14);/q;+1/p-1. The first-order valence-electron chi connectivity index (χ1n) is 4.24. The van der Waals surface area contributed by atoms with Crippen molar-refractivity contribution in [2.24, 2.45) is 0 Å². The number of esters is 1. The van der Waals surface area contributed by atoms with Crippen molar-refractivity contribution in [2.75, 3.05) is 0 Å². The minimum atomic E-state index is -4.47. The van der Waals surface area contributed by atoms with Gasteiger partial charge in [0.2, 0.25) is 0 Å². The van der Waals surface area contributed by atoms with Gasteiger partial charge in [0.05, 0.1) is 4.90 Å². The van der Waals surface area contributed by atoms with Gasteiger partial charge in [-0.3, -0.25) is 0 Å². The summed E-state index contributed by atoms with van der Waals surface area (Å²) in [6.45, 7) is 4.87. The van der Waals surface area contributed by atoms with Gasteiger partial charge in [0.15, 0.2) is 0 Å². The van der Waals surface area contributed by atoms with Gasteiger partial charge >= 0.3 is 35.5 Å². The van der Waals surface area contributed by atoms with Crippen LogP contribution in [0.25, 0.3) is 0 Å². The van der Waals surface area contributed by atoms with E-state index >= 15 is 0 Å². The smallest absolute Gasteiger partial charge is 0.744 e. The maximum absolute atomic E-state index is 11.1. The topological polar surface area (TPSA) is 83.5 Å². The van der Waals surface area contributed by atoms with Gasteiger partial charge in [-0.15, -0.1) is 0 Å². The Morgan fingerprint density at radius 1 is 1.29 bits per heavy atom. The van der Waals surface area contributed by atoms with Crippen LogP contribution in [0.5, 0.6) is 5.75 Å². The number of carbonyl (C=O) groups is 1. The zero-order valence-corrected chi connectivity index (χ0v) is 12.3. The first-order valence-corrected chi connectivity index (χ1v) is 5.65. The Bertz CT molecular complexity index is 518. The third-order valence-electron chi connectivity index (χ3n) is 1.67. The zero-order valence-electron chi connectivity index (χ0n) is 9.47. The Morgan fingerprint density at radius 3 is 2.12 bits per heavy atom. The molecule has 0 amide bonds. The second-order valence-electron chi connectivity index (χ2n) is 3.10. The molecule has 1 aromatic carbocycles. The van der Waals surface area contributed by atoms with Gasteiger partial charge in [-0.2, -0.15) is 0 Å². The van der Waals surface area contributed by atoms with Crippen molar-refractivity contribution in [2.45, 2.75) is 11.8 Å². The van der Waals surface area contributed by atoms with Crippen LogP contribution in [0, 0.1) is 0 Å². The summed E-state index contributed by atoms with van der Waals surface area (Å²) in [6, 6.07) is 4.60. The first kappa shape index (κ1) is 16.3. The van der Waals surface area contributed by atoms with Crippen molar-refractivity contribution in [1.82, 2.24) is 0 Å². The number of rotatable bonds is 3. The molecule has 0 atom stereocenters. The van der Waals surface area contributed by atoms with Crippen molar-refractivity contribution in [1.29, 1.82) is 0 Å². The molecule has 0 unspecified atom stereocenters. The van der Waals surface area contributed by atoms with Crippen LogP contribution < -0.4 is 34.3 Å². The monoisotopic (exact) mass is 264 g/mol. The van der Waals surface area contributed by atoms with E-state index in [0.29, 0.717) is 0 Å². The van der Waals surface area contributed by atoms with Crippen molar-refractivity contribution >= 4 is 16.1 Å². The molecule has 0 saturated carbocycles. The molecule has 0 aliphatic heterocycles. The summed E-state index contributed by atoms with van der Waals surface area (Å²) in [5.41, 5.74) is 0.223. The number of benzene rings is 1. The second kappa shape index (κ2) is 6.32. The molecule has 0 saturated heterocycles. The molecule has 7 heteroatoms. The van der Waals surface area contributed by atoms with Crippen molar-refractivity contribution in [3.63, 3.8) is 0 Å². The maximum Gasteiger partial charge on any atom is 1.00 e. The predicted octanol–water partition coefficient (Wildman–Crippen LogP) is -1.92. The van der Waals surface area contributed by atoms with E-state index in [1.807, 2.05) is 0 Å². The Hall–Kier alpha value is -0.660. The number of hydrogen-bond acceptors (Lipinski definition) is 5. The molecule has 17 heavy (non-hydrogen) atoms. The minimum absolute atomic E-state index is 0. The van der Waals surface area contributed by atoms with E-state index in [1.165, 1.54) is 19.1 Å². The summed E-state index contributed by atoms with van der Waals surface area (Å²) in [5, 5.41) is 0.